The molecular weight excluding hydrogens is 330 g/mol. The molecule has 3 nitrogen and oxygen atoms in total. The lowest BCUT2D eigenvalue weighted by Crippen LogP contribution is -2.15. The molecule has 0 saturated carbocycles. The van der Waals surface area contributed by atoms with Crippen molar-refractivity contribution in [2.45, 2.75) is 18.3 Å². The lowest BCUT2D eigenvalue weighted by atomic mass is 10.0. The van der Waals surface area contributed by atoms with E-state index < -0.39 is 6.10 Å². The summed E-state index contributed by atoms with van der Waals surface area (Å²) >= 11 is 7.42. The van der Waals surface area contributed by atoms with Crippen LogP contribution in [0.2, 0.25) is 5.02 Å². The van der Waals surface area contributed by atoms with E-state index in [1.807, 2.05) is 60.7 Å². The van der Waals surface area contributed by atoms with Gasteiger partial charge in [-0.05, 0) is 30.2 Å². The molecule has 0 saturated heterocycles. The number of nitrogens with zero attached hydrogens (tertiary/aromatic N) is 1. The number of rotatable bonds is 6. The van der Waals surface area contributed by atoms with E-state index in [2.05, 4.69) is 0 Å². The molecule has 118 valence electrons. The van der Waals surface area contributed by atoms with Crippen molar-refractivity contribution in [2.75, 3.05) is 5.75 Å². The van der Waals surface area contributed by atoms with Gasteiger partial charge in [-0.3, -0.25) is 4.79 Å². The molecule has 2 aromatic carbocycles. The molecule has 0 heterocycles. The van der Waals surface area contributed by atoms with Gasteiger partial charge >= 0.3 is 5.97 Å². The largest absolute Gasteiger partial charge is 0.447 e. The Kier molecular flexibility index (Phi) is 6.52. The first-order valence-corrected chi connectivity index (χ1v) is 8.54. The highest BCUT2D eigenvalue weighted by atomic mass is 35.5. The van der Waals surface area contributed by atoms with Gasteiger partial charge in [0.1, 0.15) is 6.07 Å². The number of esters is 1. The fourth-order valence-electron chi connectivity index (χ4n) is 2.06. The maximum absolute atomic E-state index is 11.8. The third kappa shape index (κ3) is 5.31. The Morgan fingerprint density at radius 2 is 1.78 bits per heavy atom. The van der Waals surface area contributed by atoms with Crippen molar-refractivity contribution in [1.29, 1.82) is 5.26 Å². The van der Waals surface area contributed by atoms with Gasteiger partial charge in [0.15, 0.2) is 6.10 Å². The highest BCUT2D eigenvalue weighted by Crippen LogP contribution is 2.36. The van der Waals surface area contributed by atoms with E-state index >= 15 is 0 Å². The first-order valence-electron chi connectivity index (χ1n) is 7.11. The van der Waals surface area contributed by atoms with Gasteiger partial charge in [-0.15, -0.1) is 11.8 Å². The van der Waals surface area contributed by atoms with Gasteiger partial charge in [0, 0.05) is 5.02 Å². The molecule has 5 heteroatoms. The summed E-state index contributed by atoms with van der Waals surface area (Å²) in [5.74, 6) is -0.215. The monoisotopic (exact) mass is 345 g/mol. The number of halogens is 1. The summed E-state index contributed by atoms with van der Waals surface area (Å²) in [6.07, 6.45) is -0.728. The van der Waals surface area contributed by atoms with Crippen molar-refractivity contribution in [3.63, 3.8) is 0 Å². The molecule has 0 aliphatic carbocycles. The molecule has 0 aromatic heterocycles. The number of hydrogen-bond donors (Lipinski definition) is 0. The van der Waals surface area contributed by atoms with Crippen LogP contribution in [0.1, 0.15) is 23.3 Å². The Labute approximate surface area is 145 Å². The molecule has 2 rings (SSSR count). The Hall–Kier alpha value is -1.96. The molecule has 0 aliphatic heterocycles. The quantitative estimate of drug-likeness (QED) is 0.717. The van der Waals surface area contributed by atoms with E-state index in [0.29, 0.717) is 5.02 Å². The standard InChI is InChI=1S/C18H16ClNO2S/c1-13(11-20)22-17(21)12-23-18(14-5-3-2-4-6-14)15-7-9-16(19)10-8-15/h2-10,13,18H,12H2,1H3/t13-,18-/m1/s1. The Morgan fingerprint density at radius 1 is 1.17 bits per heavy atom. The van der Waals surface area contributed by atoms with Gasteiger partial charge < -0.3 is 4.74 Å². The Balaban J connectivity index is 2.13. The molecule has 23 heavy (non-hydrogen) atoms. The van der Waals surface area contributed by atoms with E-state index in [1.165, 1.54) is 11.8 Å². The van der Waals surface area contributed by atoms with E-state index in [1.54, 1.807) is 6.92 Å². The van der Waals surface area contributed by atoms with Crippen LogP contribution in [0.3, 0.4) is 0 Å². The molecular formula is C18H16ClNO2S. The van der Waals surface area contributed by atoms with E-state index in [0.717, 1.165) is 11.1 Å². The summed E-state index contributed by atoms with van der Waals surface area (Å²) in [5, 5.41) is 9.37. The lowest BCUT2D eigenvalue weighted by molar-refractivity contribution is -0.142. The van der Waals surface area contributed by atoms with Crippen LogP contribution in [-0.4, -0.2) is 17.8 Å². The first kappa shape index (κ1) is 17.4. The van der Waals surface area contributed by atoms with E-state index in [4.69, 9.17) is 21.6 Å². The maximum atomic E-state index is 11.8. The average Bonchev–Trinajstić information content (AvgIpc) is 2.57. The molecule has 0 spiro atoms. The fourth-order valence-corrected chi connectivity index (χ4v) is 3.26. The molecule has 2 atom stereocenters. The number of hydrogen-bond acceptors (Lipinski definition) is 4. The highest BCUT2D eigenvalue weighted by molar-refractivity contribution is 8.00. The van der Waals surface area contributed by atoms with Gasteiger partial charge in [-0.25, -0.2) is 0 Å². The summed E-state index contributed by atoms with van der Waals surface area (Å²) in [4.78, 5) is 11.8. The topological polar surface area (TPSA) is 50.1 Å². The predicted octanol–water partition coefficient (Wildman–Crippen LogP) is 4.62. The molecule has 0 bridgehead atoms. The van der Waals surface area contributed by atoms with Gasteiger partial charge in [0.25, 0.3) is 0 Å². The van der Waals surface area contributed by atoms with Crippen LogP contribution in [0.25, 0.3) is 0 Å². The summed E-state index contributed by atoms with van der Waals surface area (Å²) in [5.41, 5.74) is 2.16. The first-order chi connectivity index (χ1) is 11.1. The van der Waals surface area contributed by atoms with Crippen LogP contribution in [0.15, 0.2) is 54.6 Å². The average molecular weight is 346 g/mol. The van der Waals surface area contributed by atoms with Gasteiger partial charge in [0.05, 0.1) is 11.0 Å². The normalized spacial score (nSPS) is 12.9. The van der Waals surface area contributed by atoms with E-state index in [-0.39, 0.29) is 17.0 Å². The van der Waals surface area contributed by atoms with Crippen LogP contribution < -0.4 is 0 Å². The minimum absolute atomic E-state index is 0.00147. The third-order valence-corrected chi connectivity index (χ3v) is 4.66. The Morgan fingerprint density at radius 3 is 2.39 bits per heavy atom. The SMILES string of the molecule is C[C@H](C#N)OC(=O)CS[C@H](c1ccccc1)c1ccc(Cl)cc1. The number of carbonyl (C=O) groups excluding carboxylic acids is 1. The smallest absolute Gasteiger partial charge is 0.317 e. The van der Waals surface area contributed by atoms with Gasteiger partial charge in [-0.1, -0.05) is 54.1 Å². The molecule has 0 aliphatic rings. The summed E-state index contributed by atoms with van der Waals surface area (Å²) in [7, 11) is 0. The van der Waals surface area contributed by atoms with Crippen molar-refractivity contribution in [3.05, 3.63) is 70.7 Å². The summed E-state index contributed by atoms with van der Waals surface area (Å²) in [6.45, 7) is 1.55. The Bertz CT molecular complexity index is 682. The number of nitriles is 1. The molecule has 0 fully saturated rings. The zero-order valence-electron chi connectivity index (χ0n) is 12.6. The van der Waals surface area contributed by atoms with Gasteiger partial charge in [-0.2, -0.15) is 5.26 Å². The zero-order chi connectivity index (χ0) is 16.7. The second-order valence-corrected chi connectivity index (χ2v) is 6.44. The number of carbonyl (C=O) groups is 1. The molecule has 0 unspecified atom stereocenters. The number of benzene rings is 2. The molecule has 0 N–H and O–H groups in total. The van der Waals surface area contributed by atoms with Crippen LogP contribution in [0.5, 0.6) is 0 Å². The van der Waals surface area contributed by atoms with Crippen molar-refractivity contribution >= 4 is 29.3 Å². The van der Waals surface area contributed by atoms with Crippen molar-refractivity contribution < 1.29 is 9.53 Å². The lowest BCUT2D eigenvalue weighted by Gasteiger charge is -2.17. The second kappa shape index (κ2) is 8.61. The number of thioether (sulfide) groups is 1. The maximum Gasteiger partial charge on any atom is 0.317 e. The zero-order valence-corrected chi connectivity index (χ0v) is 14.2. The van der Waals surface area contributed by atoms with Crippen LogP contribution in [0.4, 0.5) is 0 Å². The van der Waals surface area contributed by atoms with Crippen LogP contribution >= 0.6 is 23.4 Å². The fraction of sp³-hybridized carbons (Fsp3) is 0.222. The van der Waals surface area contributed by atoms with Crippen molar-refractivity contribution in [1.82, 2.24) is 0 Å². The van der Waals surface area contributed by atoms with Crippen molar-refractivity contribution in [3.8, 4) is 6.07 Å². The minimum atomic E-state index is -0.728. The van der Waals surface area contributed by atoms with Crippen LogP contribution in [-0.2, 0) is 9.53 Å². The third-order valence-electron chi connectivity index (χ3n) is 3.13. The van der Waals surface area contributed by atoms with Crippen molar-refractivity contribution in [2.24, 2.45) is 0 Å². The molecule has 0 amide bonds. The van der Waals surface area contributed by atoms with Gasteiger partial charge in [0.2, 0.25) is 0 Å². The van der Waals surface area contributed by atoms with Crippen LogP contribution in [0, 0.1) is 11.3 Å². The summed E-state index contributed by atoms with van der Waals surface area (Å²) < 4.78 is 5.00. The molecule has 2 aromatic rings. The predicted molar refractivity (Wildman–Crippen MR) is 93.4 cm³/mol. The second-order valence-electron chi connectivity index (χ2n) is 4.91. The van der Waals surface area contributed by atoms with E-state index in [9.17, 15) is 4.79 Å². The summed E-state index contributed by atoms with van der Waals surface area (Å²) in [6, 6.07) is 19.4. The highest BCUT2D eigenvalue weighted by Gasteiger charge is 2.18. The minimum Gasteiger partial charge on any atom is -0.447 e. The number of ether oxygens (including phenoxy) is 1. The molecule has 0 radical (unpaired) electrons.